The van der Waals surface area contributed by atoms with Crippen molar-refractivity contribution in [3.05, 3.63) is 72.8 Å². The van der Waals surface area contributed by atoms with Gasteiger partial charge in [0.15, 0.2) is 16.6 Å². The lowest BCUT2D eigenvalue weighted by atomic mass is 10.1. The molecule has 7 heteroatoms. The molecular weight excluding hydrogens is 569 g/mol. The third kappa shape index (κ3) is 8.73. The normalized spacial score (nSPS) is 15.5. The van der Waals surface area contributed by atoms with Gasteiger partial charge >= 0.3 is 0 Å². The van der Waals surface area contributed by atoms with Gasteiger partial charge in [0.2, 0.25) is 0 Å². The number of aldehydes is 1. The molecule has 0 amide bonds. The van der Waals surface area contributed by atoms with Gasteiger partial charge < -0.3 is 13.3 Å². The molecule has 0 fully saturated rings. The summed E-state index contributed by atoms with van der Waals surface area (Å²) in [4.78, 5) is 11.5. The van der Waals surface area contributed by atoms with Crippen LogP contribution in [0.25, 0.3) is 0 Å². The molecule has 0 saturated carbocycles. The van der Waals surface area contributed by atoms with E-state index < -0.39 is 25.0 Å². The van der Waals surface area contributed by atoms with Crippen molar-refractivity contribution in [1.29, 1.82) is 0 Å². The number of hydrogen-bond donors (Lipinski definition) is 0. The van der Waals surface area contributed by atoms with E-state index in [0.29, 0.717) is 13.0 Å². The molecule has 0 aliphatic rings. The summed E-state index contributed by atoms with van der Waals surface area (Å²) in [6.45, 7) is 30.1. The SMILES string of the molecule is CC(C)(C)[Si](C)(C)O[C@@H](CCO[Si](c1ccccc1)(c1ccccc1)C(C)(C)C)[C@@H](/C=C/C=O)O[Si](C)(C)C(C)(C)C. The summed E-state index contributed by atoms with van der Waals surface area (Å²) in [7, 11) is -7.06. The van der Waals surface area contributed by atoms with Crippen LogP contribution >= 0.6 is 0 Å². The second-order valence-corrected chi connectivity index (χ2v) is 29.4. The molecule has 0 N–H and O–H groups in total. The van der Waals surface area contributed by atoms with E-state index in [1.165, 1.54) is 10.4 Å². The second-order valence-electron chi connectivity index (χ2n) is 15.6. The monoisotopic (exact) mass is 626 g/mol. The first-order chi connectivity index (χ1) is 19.2. The average molecular weight is 627 g/mol. The molecule has 0 bridgehead atoms. The van der Waals surface area contributed by atoms with E-state index in [9.17, 15) is 4.79 Å². The van der Waals surface area contributed by atoms with E-state index in [4.69, 9.17) is 13.3 Å². The Morgan fingerprint density at radius 3 is 1.48 bits per heavy atom. The molecule has 2 rings (SSSR count). The molecule has 0 saturated heterocycles. The van der Waals surface area contributed by atoms with Crippen molar-refractivity contribution >= 4 is 41.6 Å². The number of rotatable bonds is 13. The fraction of sp³-hybridized carbons (Fsp3) is 0.571. The smallest absolute Gasteiger partial charge is 0.261 e. The van der Waals surface area contributed by atoms with Crippen LogP contribution in [0.3, 0.4) is 0 Å². The molecule has 4 nitrogen and oxygen atoms in total. The minimum absolute atomic E-state index is 0.0210. The van der Waals surface area contributed by atoms with Gasteiger partial charge in [-0.25, -0.2) is 0 Å². The first-order valence-electron chi connectivity index (χ1n) is 15.4. The largest absolute Gasteiger partial charge is 0.411 e. The van der Waals surface area contributed by atoms with E-state index in [-0.39, 0.29) is 27.3 Å². The van der Waals surface area contributed by atoms with Gasteiger partial charge in [-0.05, 0) is 64.2 Å². The van der Waals surface area contributed by atoms with Crippen molar-refractivity contribution in [2.45, 2.75) is 122 Å². The maximum absolute atomic E-state index is 11.5. The number of benzene rings is 2. The van der Waals surface area contributed by atoms with Gasteiger partial charge in [0.25, 0.3) is 8.32 Å². The second kappa shape index (κ2) is 14.0. The van der Waals surface area contributed by atoms with Crippen molar-refractivity contribution in [3.8, 4) is 0 Å². The molecule has 42 heavy (non-hydrogen) atoms. The molecule has 0 aliphatic heterocycles. The molecule has 0 aliphatic carbocycles. The fourth-order valence-corrected chi connectivity index (χ4v) is 12.1. The summed E-state index contributed by atoms with van der Waals surface area (Å²) in [6, 6.07) is 21.5. The third-order valence-electron chi connectivity index (χ3n) is 9.37. The molecule has 2 atom stereocenters. The van der Waals surface area contributed by atoms with Gasteiger partial charge in [0.1, 0.15) is 6.29 Å². The number of hydrogen-bond acceptors (Lipinski definition) is 4. The van der Waals surface area contributed by atoms with Gasteiger partial charge in [-0.2, -0.15) is 0 Å². The molecule has 234 valence electrons. The number of allylic oxidation sites excluding steroid dienone is 1. The molecule has 2 aromatic carbocycles. The molecule has 0 spiro atoms. The van der Waals surface area contributed by atoms with E-state index in [1.807, 2.05) is 6.08 Å². The van der Waals surface area contributed by atoms with Crippen molar-refractivity contribution in [2.24, 2.45) is 0 Å². The lowest BCUT2D eigenvalue weighted by Crippen LogP contribution is -2.66. The highest BCUT2D eigenvalue weighted by Gasteiger charge is 2.50. The minimum Gasteiger partial charge on any atom is -0.411 e. The van der Waals surface area contributed by atoms with Crippen molar-refractivity contribution in [2.75, 3.05) is 6.61 Å². The van der Waals surface area contributed by atoms with Crippen molar-refractivity contribution < 1.29 is 18.1 Å². The van der Waals surface area contributed by atoms with E-state index in [0.717, 1.165) is 6.29 Å². The Kier molecular flexibility index (Phi) is 12.2. The van der Waals surface area contributed by atoms with Crippen molar-refractivity contribution in [1.82, 2.24) is 0 Å². The summed E-state index contributed by atoms with van der Waals surface area (Å²) in [6.07, 6.45) is 4.41. The Morgan fingerprint density at radius 1 is 0.667 bits per heavy atom. The van der Waals surface area contributed by atoms with E-state index >= 15 is 0 Å². The summed E-state index contributed by atoms with van der Waals surface area (Å²) in [5.74, 6) is 0. The van der Waals surface area contributed by atoms with Crippen LogP contribution in [0.15, 0.2) is 72.8 Å². The first kappa shape index (κ1) is 36.6. The van der Waals surface area contributed by atoms with Crippen LogP contribution in [0.2, 0.25) is 41.3 Å². The predicted molar refractivity (Wildman–Crippen MR) is 188 cm³/mol. The van der Waals surface area contributed by atoms with Crippen molar-refractivity contribution in [3.63, 3.8) is 0 Å². The highest BCUT2D eigenvalue weighted by molar-refractivity contribution is 6.99. The zero-order chi connectivity index (χ0) is 32.0. The summed E-state index contributed by atoms with van der Waals surface area (Å²) in [5, 5.41) is 2.47. The molecule has 0 radical (unpaired) electrons. The molecule has 2 aromatic rings. The average Bonchev–Trinajstić information content (AvgIpc) is 2.87. The maximum Gasteiger partial charge on any atom is 0.261 e. The Balaban J connectivity index is 2.59. The van der Waals surface area contributed by atoms with Crippen LogP contribution in [-0.4, -0.2) is 50.1 Å². The van der Waals surface area contributed by atoms with Gasteiger partial charge in [-0.1, -0.05) is 129 Å². The fourth-order valence-electron chi connectivity index (χ4n) is 4.85. The van der Waals surface area contributed by atoms with Crippen LogP contribution < -0.4 is 10.4 Å². The maximum atomic E-state index is 11.5. The predicted octanol–water partition coefficient (Wildman–Crippen LogP) is 8.49. The van der Waals surface area contributed by atoms with Crippen LogP contribution in [0.1, 0.15) is 68.7 Å². The quantitative estimate of drug-likeness (QED) is 0.127. The van der Waals surface area contributed by atoms with Crippen LogP contribution in [0, 0.1) is 0 Å². The first-order valence-corrected chi connectivity index (χ1v) is 23.1. The van der Waals surface area contributed by atoms with Gasteiger partial charge in [0, 0.05) is 6.61 Å². The van der Waals surface area contributed by atoms with Gasteiger partial charge in [-0.3, -0.25) is 4.79 Å². The highest BCUT2D eigenvalue weighted by atomic mass is 28.4. The zero-order valence-corrected chi connectivity index (χ0v) is 31.7. The molecule has 0 aromatic heterocycles. The topological polar surface area (TPSA) is 44.8 Å². The van der Waals surface area contributed by atoms with Crippen LogP contribution in [0.5, 0.6) is 0 Å². The summed E-state index contributed by atoms with van der Waals surface area (Å²) < 4.78 is 21.4. The van der Waals surface area contributed by atoms with Gasteiger partial charge in [-0.15, -0.1) is 0 Å². The molecule has 0 heterocycles. The summed E-state index contributed by atoms with van der Waals surface area (Å²) >= 11 is 0. The Hall–Kier alpha value is -1.62. The lowest BCUT2D eigenvalue weighted by molar-refractivity contribution is -0.104. The molecule has 0 unspecified atom stereocenters. The van der Waals surface area contributed by atoms with E-state index in [2.05, 4.69) is 149 Å². The van der Waals surface area contributed by atoms with E-state index in [1.54, 1.807) is 6.08 Å². The number of carbonyl (C=O) groups is 1. The lowest BCUT2D eigenvalue weighted by Gasteiger charge is -2.46. The van der Waals surface area contributed by atoms with Crippen LogP contribution in [-0.2, 0) is 18.1 Å². The molecular formula is C35H58O4Si3. The minimum atomic E-state index is -2.70. The Labute approximate surface area is 260 Å². The zero-order valence-electron chi connectivity index (χ0n) is 28.7. The highest BCUT2D eigenvalue weighted by Crippen LogP contribution is 2.42. The summed E-state index contributed by atoms with van der Waals surface area (Å²) in [5.41, 5.74) is 0. The Bertz CT molecular complexity index is 1100. The Morgan fingerprint density at radius 2 is 1.10 bits per heavy atom. The number of carbonyl (C=O) groups excluding carboxylic acids is 1. The standard InChI is InChI=1S/C35H58O4Si3/c1-33(2,3)40(10,11)38-31(25-20-27-36)32(39-41(12,13)34(4,5)6)26-28-37-42(35(7,8)9,29-21-16-14-17-22-29)30-23-18-15-19-24-30/h14-25,27,31-32H,26,28H2,1-13H3/b25-20+/t31-,32+/m1/s1. The van der Waals surface area contributed by atoms with Gasteiger partial charge in [0.05, 0.1) is 12.2 Å². The third-order valence-corrected chi connectivity index (χ3v) is 23.4. The van der Waals surface area contributed by atoms with Crippen LogP contribution in [0.4, 0.5) is 0 Å².